The first-order valence-electron chi connectivity index (χ1n) is 17.6. The van der Waals surface area contributed by atoms with Crippen LogP contribution in [-0.4, -0.2) is 133 Å². The summed E-state index contributed by atoms with van der Waals surface area (Å²) < 4.78 is 8.54. The molecule has 0 aliphatic rings. The summed E-state index contributed by atoms with van der Waals surface area (Å²) in [4.78, 5) is 38.1. The topological polar surface area (TPSA) is 449 Å². The van der Waals surface area contributed by atoms with Crippen LogP contribution in [0.15, 0.2) is 24.3 Å². The molecule has 0 atom stereocenters. The summed E-state index contributed by atoms with van der Waals surface area (Å²) in [7, 11) is 2.00. The molecule has 32 heteroatoms. The first-order valence-corrected chi connectivity index (χ1v) is 17.6. The second-order valence-electron chi connectivity index (χ2n) is 12.2. The molecule has 0 aliphatic carbocycles. The normalized spacial score (nSPS) is 9.16. The van der Waals surface area contributed by atoms with E-state index >= 15 is 0 Å². The zero-order valence-electron chi connectivity index (χ0n) is 37.2. The number of rotatable bonds is 15. The number of aliphatic hydroxyl groups excluding tert-OH is 2. The Balaban J connectivity index is -0.000000231. The van der Waals surface area contributed by atoms with Crippen LogP contribution >= 0.6 is 0 Å². The molecule has 0 unspecified atom stereocenters. The van der Waals surface area contributed by atoms with E-state index in [-0.39, 0.29) is 43.9 Å². The van der Waals surface area contributed by atoms with Crippen LogP contribution in [0.1, 0.15) is 45.6 Å². The van der Waals surface area contributed by atoms with Gasteiger partial charge < -0.3 is 82.5 Å². The van der Waals surface area contributed by atoms with Crippen LogP contribution in [0, 0.1) is 117 Å². The maximum absolute atomic E-state index is 8.25. The molecule has 4 heterocycles. The summed E-state index contributed by atoms with van der Waals surface area (Å²) in [6.07, 6.45) is 0. The predicted octanol–water partition coefficient (Wildman–Crippen LogP) is 0.0564. The van der Waals surface area contributed by atoms with Gasteiger partial charge in [-0.05, 0) is 79.7 Å². The SMILES string of the molecule is CO.CO.Cc1cc(C)n(CCN(CCN(CCn2nc(C)cc2C)CCn2nc(C)cc2C)CCn2nc(C)cc2C)n1.O=[N+]([O-])[O-].O=[N+]([O-])[O-].O=[N+]([O-])[O-].O=[N+]([O-])[O-].[Ni+3].[Ni+3].[OH3+].[OH3+]. The minimum Gasteiger partial charge on any atom is -0.457 e. The Morgan fingerprint density at radius 2 is 0.547 bits per heavy atom. The summed E-state index contributed by atoms with van der Waals surface area (Å²) in [6, 6.07) is 8.61. The van der Waals surface area contributed by atoms with E-state index < -0.39 is 20.3 Å². The van der Waals surface area contributed by atoms with Gasteiger partial charge in [0, 0.05) is 76.3 Å². The molecule has 64 heavy (non-hydrogen) atoms. The van der Waals surface area contributed by atoms with E-state index in [0.717, 1.165) is 102 Å². The van der Waals surface area contributed by atoms with Crippen molar-refractivity contribution in [1.29, 1.82) is 0 Å². The molecule has 30 nitrogen and oxygen atoms in total. The number of aryl methyl sites for hydroxylation is 8. The van der Waals surface area contributed by atoms with Crippen molar-refractivity contribution >= 4 is 0 Å². The maximum Gasteiger partial charge on any atom is 3.00 e. The van der Waals surface area contributed by atoms with Crippen LogP contribution in [0.2, 0.25) is 0 Å². The summed E-state index contributed by atoms with van der Waals surface area (Å²) in [5, 5.41) is 91.8. The Kier molecular flexibility index (Phi) is 47.1. The molecule has 0 saturated heterocycles. The van der Waals surface area contributed by atoms with E-state index in [1.807, 2.05) is 0 Å². The number of aliphatic hydroxyl groups is 2. The van der Waals surface area contributed by atoms with E-state index in [2.05, 4.69) is 108 Å². The van der Waals surface area contributed by atoms with Gasteiger partial charge in [-0.1, -0.05) is 0 Å². The van der Waals surface area contributed by atoms with E-state index in [0.29, 0.717) is 0 Å². The smallest absolute Gasteiger partial charge is 0.457 e. The standard InChI is InChI=1S/C30H48N10.2CH4O.4NO3.2Ni.2H2O/c1-23-19-27(5)37(31-23)15-11-35(12-16-38-28(6)20-24(2)32-38)9-10-36(13-17-39-29(7)21-25(3)33-39)14-18-40-30(8)22-26(4)34-40;2*1-2;4*2-1(3)4;;;;/h19-22H,9-18H2,1-8H3;2*2H,1H3;;;;;;;2*1H2/q;;;4*-1;2*+3;;/p+2. The quantitative estimate of drug-likeness (QED) is 0.0688. The van der Waals surface area contributed by atoms with Gasteiger partial charge in [-0.25, -0.2) is 0 Å². The number of hydrogen-bond donors (Lipinski definition) is 2. The van der Waals surface area contributed by atoms with Crippen molar-refractivity contribution in [3.8, 4) is 0 Å². The average molecular weight is 1020 g/mol. The molecule has 2 radical (unpaired) electrons. The molecule has 4 aromatic heterocycles. The fraction of sp³-hybridized carbons (Fsp3) is 0.625. The zero-order valence-corrected chi connectivity index (χ0v) is 39.2. The van der Waals surface area contributed by atoms with Crippen LogP contribution in [0.25, 0.3) is 0 Å². The third-order valence-electron chi connectivity index (χ3n) is 7.66. The molecule has 0 saturated carbocycles. The van der Waals surface area contributed by atoms with Crippen LogP contribution in [-0.2, 0) is 70.1 Å². The molecule has 0 amide bonds. The largest absolute Gasteiger partial charge is 3.00 e. The van der Waals surface area contributed by atoms with Gasteiger partial charge in [0.05, 0.1) is 69.3 Å². The zero-order chi connectivity index (χ0) is 47.1. The van der Waals surface area contributed by atoms with Crippen LogP contribution in [0.4, 0.5) is 0 Å². The first-order chi connectivity index (χ1) is 28.0. The van der Waals surface area contributed by atoms with Gasteiger partial charge in [0.25, 0.3) is 0 Å². The van der Waals surface area contributed by atoms with Crippen molar-refractivity contribution in [2.75, 3.05) is 53.5 Å². The van der Waals surface area contributed by atoms with Gasteiger partial charge in [0.1, 0.15) is 0 Å². The third kappa shape index (κ3) is 38.1. The summed E-state index contributed by atoms with van der Waals surface area (Å²) in [5.41, 5.74) is 9.16. The average Bonchev–Trinajstić information content (AvgIpc) is 3.84. The van der Waals surface area contributed by atoms with Gasteiger partial charge in [-0.3, -0.25) is 28.5 Å². The molecule has 4 aromatic rings. The predicted molar refractivity (Wildman–Crippen MR) is 227 cm³/mol. The Morgan fingerprint density at radius 1 is 0.406 bits per heavy atom. The second kappa shape index (κ2) is 41.4. The van der Waals surface area contributed by atoms with Crippen molar-refractivity contribution in [2.45, 2.75) is 81.6 Å². The molecule has 372 valence electrons. The molecule has 0 aliphatic heterocycles. The van der Waals surface area contributed by atoms with Gasteiger partial charge in [-0.15, -0.1) is 0 Å². The van der Waals surface area contributed by atoms with Gasteiger partial charge in [-0.2, -0.15) is 20.4 Å². The minimum atomic E-state index is -1.75. The molecule has 8 N–H and O–H groups in total. The summed E-state index contributed by atoms with van der Waals surface area (Å²) in [5.74, 6) is 0. The van der Waals surface area contributed by atoms with E-state index in [4.69, 9.17) is 91.9 Å². The summed E-state index contributed by atoms with van der Waals surface area (Å²) in [6.45, 7) is 26.1. The Bertz CT molecular complexity index is 1560. The Hall–Kier alpha value is -5.61. The van der Waals surface area contributed by atoms with Gasteiger partial charge >= 0.3 is 33.0 Å². The minimum absolute atomic E-state index is 0. The van der Waals surface area contributed by atoms with E-state index in [9.17, 15) is 0 Å². The van der Waals surface area contributed by atoms with Crippen LogP contribution < -0.4 is 0 Å². The Labute approximate surface area is 388 Å². The van der Waals surface area contributed by atoms with Crippen molar-refractivity contribution < 1.29 is 74.5 Å². The second-order valence-corrected chi connectivity index (χ2v) is 12.2. The molecule has 0 fully saturated rings. The van der Waals surface area contributed by atoms with E-state index in [1.165, 1.54) is 22.8 Å². The molecule has 4 rings (SSSR count). The number of nitrogens with zero attached hydrogens (tertiary/aromatic N) is 14. The Morgan fingerprint density at radius 3 is 0.656 bits per heavy atom. The molecule has 0 aromatic carbocycles. The van der Waals surface area contributed by atoms with Crippen molar-refractivity contribution in [2.24, 2.45) is 0 Å². The molecule has 0 bridgehead atoms. The van der Waals surface area contributed by atoms with Crippen molar-refractivity contribution in [3.05, 3.63) is 131 Å². The number of hydrogen-bond acceptors (Lipinski definition) is 20. The summed E-state index contributed by atoms with van der Waals surface area (Å²) >= 11 is 0. The maximum atomic E-state index is 8.25. The molecule has 0 spiro atoms. The number of aromatic nitrogens is 8. The monoisotopic (exact) mass is 1010 g/mol. The van der Waals surface area contributed by atoms with Crippen LogP contribution in [0.5, 0.6) is 0 Å². The molecular weight excluding hydrogens is 954 g/mol. The van der Waals surface area contributed by atoms with Crippen molar-refractivity contribution in [1.82, 2.24) is 48.9 Å². The fourth-order valence-corrected chi connectivity index (χ4v) is 5.50. The molecular formula is C32H62N14Ni2O16+4. The van der Waals surface area contributed by atoms with Gasteiger partial charge in [0.2, 0.25) is 0 Å². The van der Waals surface area contributed by atoms with Crippen molar-refractivity contribution in [3.63, 3.8) is 0 Å². The fourth-order valence-electron chi connectivity index (χ4n) is 5.50. The van der Waals surface area contributed by atoms with Crippen LogP contribution in [0.3, 0.4) is 0 Å². The third-order valence-corrected chi connectivity index (χ3v) is 7.66. The first kappa shape index (κ1) is 72.8. The van der Waals surface area contributed by atoms with E-state index in [1.54, 1.807) is 0 Å². The van der Waals surface area contributed by atoms with Gasteiger partial charge in [0.15, 0.2) is 0 Å².